The number of halogens is 1. The van der Waals surface area contributed by atoms with Crippen LogP contribution in [0.15, 0.2) is 53.3 Å². The Morgan fingerprint density at radius 1 is 0.941 bits per heavy atom. The van der Waals surface area contributed by atoms with Gasteiger partial charge in [0.15, 0.2) is 5.43 Å². The molecule has 0 heterocycles. The molecule has 0 saturated heterocycles. The molecule has 0 spiro atoms. The van der Waals surface area contributed by atoms with Crippen molar-refractivity contribution in [3.8, 4) is 11.1 Å². The summed E-state index contributed by atoms with van der Waals surface area (Å²) in [6.45, 7) is 1.89. The van der Waals surface area contributed by atoms with Gasteiger partial charge in [0, 0.05) is 11.1 Å². The first-order valence-electron chi connectivity index (χ1n) is 5.61. The van der Waals surface area contributed by atoms with Crippen molar-refractivity contribution >= 4 is 0 Å². The summed E-state index contributed by atoms with van der Waals surface area (Å²) in [4.78, 5) is 11.8. The number of hydrogen-bond acceptors (Lipinski definition) is 1. The summed E-state index contributed by atoms with van der Waals surface area (Å²) in [7, 11) is 0. The highest BCUT2D eigenvalue weighted by atomic mass is 19.1. The van der Waals surface area contributed by atoms with E-state index in [0.29, 0.717) is 23.1 Å². The molecule has 0 atom stereocenters. The molecule has 2 aromatic rings. The Hall–Kier alpha value is -1.96. The summed E-state index contributed by atoms with van der Waals surface area (Å²) >= 11 is 0. The molecule has 0 unspecified atom stereocenters. The molecule has 0 saturated carbocycles. The number of aryl methyl sites for hydroxylation is 1. The number of rotatable bonds is 2. The van der Waals surface area contributed by atoms with Crippen molar-refractivity contribution in [1.29, 1.82) is 0 Å². The molecule has 0 aliphatic heterocycles. The average molecular weight is 228 g/mol. The Morgan fingerprint density at radius 2 is 1.65 bits per heavy atom. The molecule has 2 heteroatoms. The van der Waals surface area contributed by atoms with E-state index in [1.807, 2.05) is 6.92 Å². The molecule has 17 heavy (non-hydrogen) atoms. The summed E-state index contributed by atoms with van der Waals surface area (Å²) < 4.78 is 14.1. The Labute approximate surface area is 99.6 Å². The maximum Gasteiger partial charge on any atom is 0.186 e. The SMILES string of the molecule is CCc1cccc(-c2cccccc2=O)c1F. The fourth-order valence-corrected chi connectivity index (χ4v) is 1.81. The van der Waals surface area contributed by atoms with Crippen LogP contribution < -0.4 is 5.43 Å². The predicted molar refractivity (Wildman–Crippen MR) is 67.5 cm³/mol. The van der Waals surface area contributed by atoms with Crippen molar-refractivity contribution < 1.29 is 4.39 Å². The molecule has 0 radical (unpaired) electrons. The third kappa shape index (κ3) is 2.26. The van der Waals surface area contributed by atoms with Crippen LogP contribution in [0.4, 0.5) is 4.39 Å². The van der Waals surface area contributed by atoms with E-state index in [1.54, 1.807) is 42.5 Å². The maximum absolute atomic E-state index is 14.1. The fourth-order valence-electron chi connectivity index (χ4n) is 1.81. The largest absolute Gasteiger partial charge is 0.289 e. The zero-order valence-electron chi connectivity index (χ0n) is 9.61. The van der Waals surface area contributed by atoms with Crippen molar-refractivity contribution in [2.24, 2.45) is 0 Å². The third-order valence-electron chi connectivity index (χ3n) is 2.75. The van der Waals surface area contributed by atoms with Gasteiger partial charge in [0.05, 0.1) is 0 Å². The lowest BCUT2D eigenvalue weighted by Gasteiger charge is -2.05. The van der Waals surface area contributed by atoms with Gasteiger partial charge >= 0.3 is 0 Å². The lowest BCUT2D eigenvalue weighted by molar-refractivity contribution is 0.615. The lowest BCUT2D eigenvalue weighted by atomic mass is 10.0. The molecule has 0 bridgehead atoms. The van der Waals surface area contributed by atoms with E-state index in [-0.39, 0.29) is 11.2 Å². The summed E-state index contributed by atoms with van der Waals surface area (Å²) in [6.07, 6.45) is 0.618. The van der Waals surface area contributed by atoms with Gasteiger partial charge in [0.2, 0.25) is 0 Å². The minimum atomic E-state index is -0.293. The van der Waals surface area contributed by atoms with Gasteiger partial charge in [-0.1, -0.05) is 49.4 Å². The molecule has 0 fully saturated rings. The van der Waals surface area contributed by atoms with Crippen molar-refractivity contribution in [3.63, 3.8) is 0 Å². The Kier molecular flexibility index (Phi) is 3.33. The summed E-state index contributed by atoms with van der Waals surface area (Å²) in [5.41, 5.74) is 1.25. The Morgan fingerprint density at radius 3 is 2.41 bits per heavy atom. The molecule has 0 aliphatic rings. The topological polar surface area (TPSA) is 17.1 Å². The van der Waals surface area contributed by atoms with E-state index < -0.39 is 0 Å². The van der Waals surface area contributed by atoms with Gasteiger partial charge in [-0.15, -0.1) is 0 Å². The van der Waals surface area contributed by atoms with Crippen molar-refractivity contribution in [3.05, 3.63) is 70.1 Å². The van der Waals surface area contributed by atoms with E-state index in [4.69, 9.17) is 0 Å². The first-order valence-corrected chi connectivity index (χ1v) is 5.61. The minimum absolute atomic E-state index is 0.165. The van der Waals surface area contributed by atoms with Crippen LogP contribution >= 0.6 is 0 Å². The third-order valence-corrected chi connectivity index (χ3v) is 2.75. The average Bonchev–Trinajstić information content (AvgIpc) is 2.55. The maximum atomic E-state index is 14.1. The minimum Gasteiger partial charge on any atom is -0.289 e. The van der Waals surface area contributed by atoms with Crippen LogP contribution in [0.1, 0.15) is 12.5 Å². The summed E-state index contributed by atoms with van der Waals surface area (Å²) in [6, 6.07) is 13.4. The molecule has 86 valence electrons. The number of hydrogen-bond donors (Lipinski definition) is 0. The summed E-state index contributed by atoms with van der Waals surface area (Å²) in [5.74, 6) is -0.293. The van der Waals surface area contributed by atoms with Crippen LogP contribution in [0.5, 0.6) is 0 Å². The van der Waals surface area contributed by atoms with Gasteiger partial charge in [-0.2, -0.15) is 0 Å². The van der Waals surface area contributed by atoms with Crippen LogP contribution in [-0.4, -0.2) is 0 Å². The van der Waals surface area contributed by atoms with E-state index in [1.165, 1.54) is 6.07 Å². The second kappa shape index (κ2) is 4.91. The molecule has 2 aromatic carbocycles. The molecular formula is C15H13FO. The van der Waals surface area contributed by atoms with Crippen LogP contribution in [0, 0.1) is 5.82 Å². The van der Waals surface area contributed by atoms with E-state index >= 15 is 0 Å². The van der Waals surface area contributed by atoms with Gasteiger partial charge in [0.1, 0.15) is 5.82 Å². The van der Waals surface area contributed by atoms with E-state index in [2.05, 4.69) is 0 Å². The van der Waals surface area contributed by atoms with Gasteiger partial charge in [-0.3, -0.25) is 4.79 Å². The Bertz CT molecular complexity index is 590. The quantitative estimate of drug-likeness (QED) is 0.769. The highest BCUT2D eigenvalue weighted by Crippen LogP contribution is 2.22. The van der Waals surface area contributed by atoms with Crippen molar-refractivity contribution in [2.45, 2.75) is 13.3 Å². The van der Waals surface area contributed by atoms with Crippen LogP contribution in [0.2, 0.25) is 0 Å². The fraction of sp³-hybridized carbons (Fsp3) is 0.133. The Balaban J connectivity index is 2.70. The zero-order valence-corrected chi connectivity index (χ0v) is 9.61. The summed E-state index contributed by atoms with van der Waals surface area (Å²) in [5, 5.41) is 0. The van der Waals surface area contributed by atoms with Crippen LogP contribution in [-0.2, 0) is 6.42 Å². The highest BCUT2D eigenvalue weighted by Gasteiger charge is 2.10. The zero-order chi connectivity index (χ0) is 12.3. The molecule has 2 rings (SSSR count). The molecule has 1 nitrogen and oxygen atoms in total. The molecule has 0 aliphatic carbocycles. The number of benzene rings is 1. The first-order chi connectivity index (χ1) is 8.24. The van der Waals surface area contributed by atoms with Gasteiger partial charge < -0.3 is 0 Å². The second-order valence-corrected chi connectivity index (χ2v) is 3.82. The van der Waals surface area contributed by atoms with Gasteiger partial charge in [-0.25, -0.2) is 4.39 Å². The molecule has 0 N–H and O–H groups in total. The smallest absolute Gasteiger partial charge is 0.186 e. The molecule has 0 amide bonds. The molecule has 0 aromatic heterocycles. The van der Waals surface area contributed by atoms with Crippen LogP contribution in [0.25, 0.3) is 11.1 Å². The van der Waals surface area contributed by atoms with Crippen LogP contribution in [0.3, 0.4) is 0 Å². The van der Waals surface area contributed by atoms with Crippen molar-refractivity contribution in [2.75, 3.05) is 0 Å². The second-order valence-electron chi connectivity index (χ2n) is 3.82. The van der Waals surface area contributed by atoms with Crippen molar-refractivity contribution in [1.82, 2.24) is 0 Å². The monoisotopic (exact) mass is 228 g/mol. The van der Waals surface area contributed by atoms with E-state index in [0.717, 1.165) is 0 Å². The van der Waals surface area contributed by atoms with E-state index in [9.17, 15) is 9.18 Å². The predicted octanol–water partition coefficient (Wildman–Crippen LogP) is 3.42. The van der Waals surface area contributed by atoms with Gasteiger partial charge in [-0.05, 0) is 18.1 Å². The lowest BCUT2D eigenvalue weighted by Crippen LogP contribution is -2.02. The van der Waals surface area contributed by atoms with Gasteiger partial charge in [0.25, 0.3) is 0 Å². The molecular weight excluding hydrogens is 215 g/mol. The highest BCUT2D eigenvalue weighted by molar-refractivity contribution is 5.64. The normalized spacial score (nSPS) is 10.2. The standard InChI is InChI=1S/C15H13FO/c1-2-11-7-6-9-13(15(11)16)12-8-4-3-5-10-14(12)17/h3-10H,2H2,1H3. The first kappa shape index (κ1) is 11.5.